The van der Waals surface area contributed by atoms with Gasteiger partial charge < -0.3 is 14.5 Å². The van der Waals surface area contributed by atoms with Crippen LogP contribution < -0.4 is 4.90 Å². The lowest BCUT2D eigenvalue weighted by Crippen LogP contribution is -2.35. The van der Waals surface area contributed by atoms with Gasteiger partial charge in [0.25, 0.3) is 11.6 Å². The van der Waals surface area contributed by atoms with E-state index in [4.69, 9.17) is 4.74 Å². The first-order valence-corrected chi connectivity index (χ1v) is 9.65. The Labute approximate surface area is 173 Å². The molecule has 2 aromatic rings. The number of hydrogen-bond donors (Lipinski definition) is 0. The van der Waals surface area contributed by atoms with E-state index >= 15 is 0 Å². The number of amides is 1. The van der Waals surface area contributed by atoms with E-state index in [0.29, 0.717) is 32.6 Å². The standard InChI is InChI=1S/C21H22FN3O5/c1-2-30-21(27)16-12-15(13-19(14-16)25(28)29)20(26)24-9-3-8-23(10-11-24)18-6-4-17(22)5-7-18/h4-7,12-14H,2-3,8-11H2,1H3. The number of benzene rings is 2. The van der Waals surface area contributed by atoms with Gasteiger partial charge >= 0.3 is 5.97 Å². The van der Waals surface area contributed by atoms with Crippen LogP contribution >= 0.6 is 0 Å². The van der Waals surface area contributed by atoms with Gasteiger partial charge in [0, 0.05) is 49.6 Å². The van der Waals surface area contributed by atoms with Gasteiger partial charge in [0.05, 0.1) is 17.1 Å². The first kappa shape index (κ1) is 21.2. The molecule has 0 radical (unpaired) electrons. The fourth-order valence-electron chi connectivity index (χ4n) is 3.39. The van der Waals surface area contributed by atoms with Gasteiger partial charge in [-0.25, -0.2) is 9.18 Å². The minimum atomic E-state index is -0.714. The van der Waals surface area contributed by atoms with E-state index in [1.807, 2.05) is 0 Å². The van der Waals surface area contributed by atoms with Gasteiger partial charge in [0.2, 0.25) is 0 Å². The Morgan fingerprint density at radius 1 is 1.07 bits per heavy atom. The number of esters is 1. The zero-order chi connectivity index (χ0) is 21.7. The van der Waals surface area contributed by atoms with Crippen LogP contribution in [-0.4, -0.2) is 54.5 Å². The predicted molar refractivity (Wildman–Crippen MR) is 108 cm³/mol. The number of nitro groups is 1. The molecule has 0 unspecified atom stereocenters. The maximum atomic E-state index is 13.2. The molecule has 3 rings (SSSR count). The highest BCUT2D eigenvalue weighted by molar-refractivity contribution is 5.99. The molecule has 30 heavy (non-hydrogen) atoms. The van der Waals surface area contributed by atoms with Crippen molar-refractivity contribution in [2.45, 2.75) is 13.3 Å². The summed E-state index contributed by atoms with van der Waals surface area (Å²) in [5, 5.41) is 11.3. The summed E-state index contributed by atoms with van der Waals surface area (Å²) >= 11 is 0. The van der Waals surface area contributed by atoms with Crippen LogP contribution in [0.25, 0.3) is 0 Å². The van der Waals surface area contributed by atoms with Gasteiger partial charge in [-0.05, 0) is 43.7 Å². The molecule has 8 nitrogen and oxygen atoms in total. The summed E-state index contributed by atoms with van der Waals surface area (Å²) in [6.45, 7) is 3.85. The highest BCUT2D eigenvalue weighted by Gasteiger charge is 2.24. The largest absolute Gasteiger partial charge is 0.462 e. The fraction of sp³-hybridized carbons (Fsp3) is 0.333. The molecule has 0 N–H and O–H groups in total. The molecule has 1 fully saturated rings. The van der Waals surface area contributed by atoms with Gasteiger partial charge in [-0.1, -0.05) is 0 Å². The highest BCUT2D eigenvalue weighted by atomic mass is 19.1. The van der Waals surface area contributed by atoms with Crippen molar-refractivity contribution in [3.8, 4) is 0 Å². The lowest BCUT2D eigenvalue weighted by atomic mass is 10.1. The molecule has 1 saturated heterocycles. The molecular weight excluding hydrogens is 393 g/mol. The van der Waals surface area contributed by atoms with Gasteiger partial charge in [-0.15, -0.1) is 0 Å². The van der Waals surface area contributed by atoms with Crippen molar-refractivity contribution in [3.63, 3.8) is 0 Å². The average molecular weight is 415 g/mol. The van der Waals surface area contributed by atoms with Crippen molar-refractivity contribution >= 4 is 23.3 Å². The monoisotopic (exact) mass is 415 g/mol. The topological polar surface area (TPSA) is 93.0 Å². The molecule has 1 heterocycles. The molecule has 0 spiro atoms. The summed E-state index contributed by atoms with van der Waals surface area (Å²) < 4.78 is 18.1. The second-order valence-electron chi connectivity index (χ2n) is 6.86. The zero-order valence-electron chi connectivity index (χ0n) is 16.5. The molecular formula is C21H22FN3O5. The Morgan fingerprint density at radius 2 is 1.77 bits per heavy atom. The maximum absolute atomic E-state index is 13.2. The summed E-state index contributed by atoms with van der Waals surface area (Å²) in [4.78, 5) is 39.4. The van der Waals surface area contributed by atoms with Gasteiger partial charge in [0.15, 0.2) is 0 Å². The van der Waals surface area contributed by atoms with E-state index in [1.165, 1.54) is 24.3 Å². The molecule has 2 aromatic carbocycles. The molecule has 9 heteroatoms. The first-order chi connectivity index (χ1) is 14.4. The first-order valence-electron chi connectivity index (χ1n) is 9.65. The smallest absolute Gasteiger partial charge is 0.338 e. The molecule has 0 aromatic heterocycles. The van der Waals surface area contributed by atoms with Crippen molar-refractivity contribution in [1.82, 2.24) is 4.90 Å². The van der Waals surface area contributed by atoms with Gasteiger partial charge in [-0.2, -0.15) is 0 Å². The van der Waals surface area contributed by atoms with Crippen LogP contribution in [0, 0.1) is 15.9 Å². The third-order valence-corrected chi connectivity index (χ3v) is 4.86. The van der Waals surface area contributed by atoms with Crippen molar-refractivity contribution in [2.24, 2.45) is 0 Å². The maximum Gasteiger partial charge on any atom is 0.338 e. The van der Waals surface area contributed by atoms with Crippen LogP contribution in [0.3, 0.4) is 0 Å². The Hall–Kier alpha value is -3.49. The summed E-state index contributed by atoms with van der Waals surface area (Å²) in [6, 6.07) is 9.78. The van der Waals surface area contributed by atoms with E-state index in [0.717, 1.165) is 11.8 Å². The molecule has 1 aliphatic heterocycles. The summed E-state index contributed by atoms with van der Waals surface area (Å²) in [7, 11) is 0. The number of non-ortho nitro benzene ring substituents is 1. The number of halogens is 1. The summed E-state index contributed by atoms with van der Waals surface area (Å²) in [5.41, 5.74) is 0.567. The Morgan fingerprint density at radius 3 is 2.43 bits per heavy atom. The average Bonchev–Trinajstić information content (AvgIpc) is 3.00. The number of nitro benzene ring substituents is 1. The number of anilines is 1. The summed E-state index contributed by atoms with van der Waals surface area (Å²) in [6.07, 6.45) is 0.683. The van der Waals surface area contributed by atoms with E-state index in [-0.39, 0.29) is 35.1 Å². The Kier molecular flexibility index (Phi) is 6.61. The van der Waals surface area contributed by atoms with Crippen molar-refractivity contribution in [2.75, 3.05) is 37.7 Å². The van der Waals surface area contributed by atoms with Gasteiger partial charge in [-0.3, -0.25) is 14.9 Å². The lowest BCUT2D eigenvalue weighted by Gasteiger charge is -2.24. The number of nitrogens with zero attached hydrogens (tertiary/aromatic N) is 3. The molecule has 1 amide bonds. The second kappa shape index (κ2) is 9.34. The van der Waals surface area contributed by atoms with Crippen molar-refractivity contribution in [1.29, 1.82) is 0 Å². The number of rotatable bonds is 5. The molecule has 158 valence electrons. The van der Waals surface area contributed by atoms with Crippen LogP contribution in [0.2, 0.25) is 0 Å². The fourth-order valence-corrected chi connectivity index (χ4v) is 3.39. The minimum Gasteiger partial charge on any atom is -0.462 e. The summed E-state index contributed by atoms with van der Waals surface area (Å²) in [5.74, 6) is -1.41. The van der Waals surface area contributed by atoms with Gasteiger partial charge in [0.1, 0.15) is 5.82 Å². The normalized spacial score (nSPS) is 14.2. The molecule has 0 atom stereocenters. The third-order valence-electron chi connectivity index (χ3n) is 4.86. The molecule has 0 saturated carbocycles. The quantitative estimate of drug-likeness (QED) is 0.423. The van der Waals surface area contributed by atoms with E-state index < -0.39 is 10.9 Å². The number of carbonyl (C=O) groups is 2. The van der Waals surface area contributed by atoms with Crippen LogP contribution in [0.5, 0.6) is 0 Å². The second-order valence-corrected chi connectivity index (χ2v) is 6.86. The minimum absolute atomic E-state index is 0.0304. The van der Waals surface area contributed by atoms with Crippen molar-refractivity contribution in [3.05, 3.63) is 69.5 Å². The Balaban J connectivity index is 1.79. The number of carbonyl (C=O) groups excluding carboxylic acids is 2. The molecule has 0 bridgehead atoms. The predicted octanol–water partition coefficient (Wildman–Crippen LogP) is 3.26. The van der Waals surface area contributed by atoms with Crippen LogP contribution in [0.4, 0.5) is 15.8 Å². The van der Waals surface area contributed by atoms with Crippen molar-refractivity contribution < 1.29 is 23.6 Å². The zero-order valence-corrected chi connectivity index (χ0v) is 16.5. The van der Waals surface area contributed by atoms with Crippen LogP contribution in [0.1, 0.15) is 34.1 Å². The van der Waals surface area contributed by atoms with E-state index in [1.54, 1.807) is 24.0 Å². The number of ether oxygens (including phenoxy) is 1. The van der Waals surface area contributed by atoms with E-state index in [9.17, 15) is 24.1 Å². The van der Waals surface area contributed by atoms with E-state index in [2.05, 4.69) is 4.90 Å². The number of hydrogen-bond acceptors (Lipinski definition) is 6. The SMILES string of the molecule is CCOC(=O)c1cc(C(=O)N2CCCN(c3ccc(F)cc3)CC2)cc([N+](=O)[O-])c1. The molecule has 1 aliphatic rings. The van der Waals surface area contributed by atoms with Crippen LogP contribution in [-0.2, 0) is 4.74 Å². The highest BCUT2D eigenvalue weighted by Crippen LogP contribution is 2.22. The third kappa shape index (κ3) is 4.91. The van der Waals surface area contributed by atoms with Crippen LogP contribution in [0.15, 0.2) is 42.5 Å². The lowest BCUT2D eigenvalue weighted by molar-refractivity contribution is -0.384. The Bertz CT molecular complexity index is 948. The molecule has 0 aliphatic carbocycles.